The van der Waals surface area contributed by atoms with Crippen LogP contribution < -0.4 is 4.90 Å². The van der Waals surface area contributed by atoms with Gasteiger partial charge in [-0.2, -0.15) is 0 Å². The van der Waals surface area contributed by atoms with Crippen molar-refractivity contribution in [3.63, 3.8) is 0 Å². The lowest BCUT2D eigenvalue weighted by molar-refractivity contribution is -0.131. The highest BCUT2D eigenvalue weighted by atomic mass is 19.1. The van der Waals surface area contributed by atoms with Crippen LogP contribution in [0.25, 0.3) is 11.4 Å². The smallest absolute Gasteiger partial charge is 0.222 e. The van der Waals surface area contributed by atoms with Crippen LogP contribution in [0.5, 0.6) is 0 Å². The molecule has 2 heterocycles. The molecule has 0 radical (unpaired) electrons. The first-order valence-corrected chi connectivity index (χ1v) is 12.7. The van der Waals surface area contributed by atoms with Gasteiger partial charge in [0.2, 0.25) is 5.91 Å². The fraction of sp³-hybridized carbons (Fsp3) is 0.414. The zero-order chi connectivity index (χ0) is 24.6. The summed E-state index contributed by atoms with van der Waals surface area (Å²) < 4.78 is 13.9. The molecule has 1 aromatic heterocycles. The molecule has 0 unspecified atom stereocenters. The number of piperazine rings is 1. The minimum atomic E-state index is -0.301. The molecule has 6 heteroatoms. The topological polar surface area (TPSA) is 49.3 Å². The van der Waals surface area contributed by atoms with Gasteiger partial charge in [-0.25, -0.2) is 14.4 Å². The first-order chi connectivity index (χ1) is 17.0. The third-order valence-corrected chi connectivity index (χ3v) is 6.67. The third-order valence-electron chi connectivity index (χ3n) is 6.67. The summed E-state index contributed by atoms with van der Waals surface area (Å²) in [4.78, 5) is 26.6. The maximum absolute atomic E-state index is 13.9. The van der Waals surface area contributed by atoms with Crippen LogP contribution in [0.15, 0.2) is 54.6 Å². The van der Waals surface area contributed by atoms with E-state index in [0.29, 0.717) is 30.9 Å². The molecule has 0 aliphatic carbocycles. The molecule has 0 N–H and O–H groups in total. The maximum atomic E-state index is 13.9. The molecule has 5 nitrogen and oxygen atoms in total. The van der Waals surface area contributed by atoms with Gasteiger partial charge in [0.05, 0.1) is 0 Å². The van der Waals surface area contributed by atoms with Gasteiger partial charge in [-0.1, -0.05) is 68.7 Å². The highest BCUT2D eigenvalue weighted by molar-refractivity contribution is 5.76. The molecule has 1 aliphatic rings. The Labute approximate surface area is 208 Å². The van der Waals surface area contributed by atoms with Gasteiger partial charge < -0.3 is 9.80 Å². The van der Waals surface area contributed by atoms with Crippen molar-refractivity contribution in [1.29, 1.82) is 0 Å². The number of hydrogen-bond donors (Lipinski definition) is 0. The van der Waals surface area contributed by atoms with Gasteiger partial charge in [0.25, 0.3) is 0 Å². The minimum Gasteiger partial charge on any atom is -0.353 e. The molecule has 0 spiro atoms. The lowest BCUT2D eigenvalue weighted by atomic mass is 10.0. The van der Waals surface area contributed by atoms with Crippen LogP contribution in [0.3, 0.4) is 0 Å². The summed E-state index contributed by atoms with van der Waals surface area (Å²) in [6.07, 6.45) is 5.81. The Balaban J connectivity index is 1.56. The van der Waals surface area contributed by atoms with Gasteiger partial charge in [0.1, 0.15) is 11.6 Å². The van der Waals surface area contributed by atoms with Crippen LogP contribution in [0.2, 0.25) is 0 Å². The summed E-state index contributed by atoms with van der Waals surface area (Å²) in [7, 11) is 0. The summed E-state index contributed by atoms with van der Waals surface area (Å²) in [5.74, 6) is 1.37. The van der Waals surface area contributed by atoms with Crippen molar-refractivity contribution in [2.75, 3.05) is 31.1 Å². The van der Waals surface area contributed by atoms with Crippen molar-refractivity contribution in [3.8, 4) is 11.4 Å². The lowest BCUT2D eigenvalue weighted by Crippen LogP contribution is -2.49. The standard InChI is InChI=1S/C29H35FN4O/c1-3-4-5-9-15-27(35)33-16-18-34(19-17-33)29-26(20-23-11-7-6-8-12-23)22(2)31-28(32-29)24-13-10-14-25(30)21-24/h6-8,10-14,21H,3-5,9,15-20H2,1-2H3. The molecule has 2 aromatic carbocycles. The second-order valence-electron chi connectivity index (χ2n) is 9.29. The van der Waals surface area contributed by atoms with Crippen LogP contribution >= 0.6 is 0 Å². The molecule has 1 fully saturated rings. The number of carbonyl (C=O) groups is 1. The van der Waals surface area contributed by atoms with E-state index in [2.05, 4.69) is 24.0 Å². The van der Waals surface area contributed by atoms with Crippen molar-refractivity contribution in [3.05, 3.63) is 77.2 Å². The molecule has 184 valence electrons. The van der Waals surface area contributed by atoms with E-state index in [4.69, 9.17) is 9.97 Å². The van der Waals surface area contributed by atoms with Gasteiger partial charge in [0, 0.05) is 55.8 Å². The fourth-order valence-corrected chi connectivity index (χ4v) is 4.63. The molecule has 1 aliphatic heterocycles. The number of aromatic nitrogens is 2. The van der Waals surface area contributed by atoms with Crippen molar-refractivity contribution < 1.29 is 9.18 Å². The quantitative estimate of drug-likeness (QED) is 0.368. The molecular weight excluding hydrogens is 439 g/mol. The molecule has 1 amide bonds. The van der Waals surface area contributed by atoms with Gasteiger partial charge in [-0.3, -0.25) is 4.79 Å². The van der Waals surface area contributed by atoms with Crippen molar-refractivity contribution in [2.24, 2.45) is 0 Å². The first-order valence-electron chi connectivity index (χ1n) is 12.7. The Morgan fingerprint density at radius 2 is 1.71 bits per heavy atom. The highest BCUT2D eigenvalue weighted by Crippen LogP contribution is 2.28. The predicted molar refractivity (Wildman–Crippen MR) is 139 cm³/mol. The van der Waals surface area contributed by atoms with E-state index in [1.807, 2.05) is 36.1 Å². The SMILES string of the molecule is CCCCCCC(=O)N1CCN(c2nc(-c3cccc(F)c3)nc(C)c2Cc2ccccc2)CC1. The molecule has 4 rings (SSSR count). The van der Waals surface area contributed by atoms with E-state index in [9.17, 15) is 9.18 Å². The Morgan fingerprint density at radius 1 is 0.943 bits per heavy atom. The minimum absolute atomic E-state index is 0.254. The third kappa shape index (κ3) is 6.44. The normalized spacial score (nSPS) is 13.8. The van der Waals surface area contributed by atoms with Crippen molar-refractivity contribution in [1.82, 2.24) is 14.9 Å². The Kier molecular flexibility index (Phi) is 8.45. The van der Waals surface area contributed by atoms with E-state index in [-0.39, 0.29) is 11.7 Å². The van der Waals surface area contributed by atoms with E-state index in [1.54, 1.807) is 6.07 Å². The van der Waals surface area contributed by atoms with E-state index in [0.717, 1.165) is 49.4 Å². The fourth-order valence-electron chi connectivity index (χ4n) is 4.63. The summed E-state index contributed by atoms with van der Waals surface area (Å²) >= 11 is 0. The number of halogens is 1. The van der Waals surface area contributed by atoms with E-state index in [1.165, 1.54) is 30.5 Å². The van der Waals surface area contributed by atoms with Crippen LogP contribution in [0.1, 0.15) is 55.8 Å². The number of carbonyl (C=O) groups excluding carboxylic acids is 1. The van der Waals surface area contributed by atoms with E-state index >= 15 is 0 Å². The lowest BCUT2D eigenvalue weighted by Gasteiger charge is -2.36. The number of amides is 1. The van der Waals surface area contributed by atoms with Crippen molar-refractivity contribution in [2.45, 2.75) is 52.4 Å². The highest BCUT2D eigenvalue weighted by Gasteiger charge is 2.25. The summed E-state index contributed by atoms with van der Waals surface area (Å²) in [6.45, 7) is 7.01. The van der Waals surface area contributed by atoms with Crippen LogP contribution in [-0.4, -0.2) is 47.0 Å². The van der Waals surface area contributed by atoms with Crippen molar-refractivity contribution >= 4 is 11.7 Å². The number of hydrogen-bond acceptors (Lipinski definition) is 4. The molecule has 1 saturated heterocycles. The number of benzene rings is 2. The second-order valence-corrected chi connectivity index (χ2v) is 9.29. The zero-order valence-electron chi connectivity index (χ0n) is 20.8. The molecule has 0 atom stereocenters. The summed E-state index contributed by atoms with van der Waals surface area (Å²) in [5.41, 5.74) is 3.84. The van der Waals surface area contributed by atoms with E-state index < -0.39 is 0 Å². The largest absolute Gasteiger partial charge is 0.353 e. The molecule has 3 aromatic rings. The van der Waals surface area contributed by atoms with Crippen LogP contribution in [0, 0.1) is 12.7 Å². The molecule has 35 heavy (non-hydrogen) atoms. The average molecular weight is 475 g/mol. The molecule has 0 bridgehead atoms. The van der Waals surface area contributed by atoms with Crippen LogP contribution in [0.4, 0.5) is 10.2 Å². The van der Waals surface area contributed by atoms with Gasteiger partial charge in [-0.05, 0) is 31.0 Å². The number of rotatable bonds is 9. The first kappa shape index (κ1) is 24.8. The summed E-state index contributed by atoms with van der Waals surface area (Å²) in [5, 5.41) is 0. The number of anilines is 1. The maximum Gasteiger partial charge on any atom is 0.222 e. The Morgan fingerprint density at radius 3 is 2.43 bits per heavy atom. The monoisotopic (exact) mass is 474 g/mol. The van der Waals surface area contributed by atoms with Gasteiger partial charge >= 0.3 is 0 Å². The molecule has 0 saturated carbocycles. The van der Waals surface area contributed by atoms with Gasteiger partial charge in [-0.15, -0.1) is 0 Å². The molecular formula is C29H35FN4O. The zero-order valence-corrected chi connectivity index (χ0v) is 20.8. The van der Waals surface area contributed by atoms with Gasteiger partial charge in [0.15, 0.2) is 5.82 Å². The van der Waals surface area contributed by atoms with Crippen LogP contribution in [-0.2, 0) is 11.2 Å². The average Bonchev–Trinajstić information content (AvgIpc) is 2.88. The Hall–Kier alpha value is -3.28. The number of unbranched alkanes of at least 4 members (excludes halogenated alkanes) is 3. The second kappa shape index (κ2) is 11.9. The Bertz CT molecular complexity index is 1130. The summed E-state index contributed by atoms with van der Waals surface area (Å²) in [6, 6.07) is 16.7. The number of aryl methyl sites for hydroxylation is 1. The number of nitrogens with zero attached hydrogens (tertiary/aromatic N) is 4. The predicted octanol–water partition coefficient (Wildman–Crippen LogP) is 5.80.